The van der Waals surface area contributed by atoms with Crippen LogP contribution in [-0.2, 0) is 10.0 Å². The van der Waals surface area contributed by atoms with Gasteiger partial charge in [0.25, 0.3) is 0 Å². The second-order valence-corrected chi connectivity index (χ2v) is 6.42. The Bertz CT molecular complexity index is 462. The fourth-order valence-electron chi connectivity index (χ4n) is 1.28. The molecule has 0 saturated heterocycles. The van der Waals surface area contributed by atoms with Crippen LogP contribution in [0.5, 0.6) is 0 Å². The quantitative estimate of drug-likeness (QED) is 0.811. The fourth-order valence-corrected chi connectivity index (χ4v) is 3.17. The third kappa shape index (κ3) is 4.53. The van der Waals surface area contributed by atoms with Crippen LogP contribution in [0.1, 0.15) is 13.3 Å². The van der Waals surface area contributed by atoms with Crippen LogP contribution >= 0.6 is 11.8 Å². The van der Waals surface area contributed by atoms with E-state index in [1.807, 2.05) is 13.2 Å². The van der Waals surface area contributed by atoms with Crippen molar-refractivity contribution in [3.05, 3.63) is 18.3 Å². The van der Waals surface area contributed by atoms with Crippen LogP contribution < -0.4 is 10.5 Å². The number of pyridine rings is 1. The number of rotatable bonds is 6. The topological polar surface area (TPSA) is 85.1 Å². The number of nitrogen functional groups attached to an aromatic ring is 1. The standard InChI is InChI=1S/C10H17N3O2S2/c1-8(4-6-16-2)13-17(14,15)9-3-5-12-10(11)7-9/h3,5,7-8,13H,4,6H2,1-2H3,(H2,11,12). The molecule has 0 amide bonds. The van der Waals surface area contributed by atoms with Gasteiger partial charge in [-0.05, 0) is 31.4 Å². The van der Waals surface area contributed by atoms with E-state index in [9.17, 15) is 8.42 Å². The lowest BCUT2D eigenvalue weighted by molar-refractivity contribution is 0.557. The summed E-state index contributed by atoms with van der Waals surface area (Å²) in [4.78, 5) is 3.92. The van der Waals surface area contributed by atoms with Crippen LogP contribution in [0.15, 0.2) is 23.2 Å². The molecule has 1 heterocycles. The van der Waals surface area contributed by atoms with Gasteiger partial charge in [-0.1, -0.05) is 0 Å². The summed E-state index contributed by atoms with van der Waals surface area (Å²) in [5.41, 5.74) is 5.46. The van der Waals surface area contributed by atoms with Gasteiger partial charge in [-0.25, -0.2) is 18.1 Å². The Morgan fingerprint density at radius 2 is 2.29 bits per heavy atom. The highest BCUT2D eigenvalue weighted by Crippen LogP contribution is 2.11. The summed E-state index contributed by atoms with van der Waals surface area (Å²) in [6, 6.07) is 2.69. The maximum atomic E-state index is 12.0. The predicted octanol–water partition coefficient (Wildman–Crippen LogP) is 1.08. The van der Waals surface area contributed by atoms with Crippen molar-refractivity contribution in [1.29, 1.82) is 0 Å². The Kier molecular flexibility index (Phi) is 5.23. The van der Waals surface area contributed by atoms with E-state index in [1.54, 1.807) is 11.8 Å². The minimum atomic E-state index is -3.49. The summed E-state index contributed by atoms with van der Waals surface area (Å²) >= 11 is 1.69. The Balaban J connectivity index is 2.75. The summed E-state index contributed by atoms with van der Waals surface area (Å²) in [6.45, 7) is 1.85. The van der Waals surface area contributed by atoms with Crippen molar-refractivity contribution < 1.29 is 8.42 Å². The van der Waals surface area contributed by atoms with Crippen molar-refractivity contribution in [2.45, 2.75) is 24.3 Å². The highest BCUT2D eigenvalue weighted by atomic mass is 32.2. The third-order valence-corrected chi connectivity index (χ3v) is 4.41. The van der Waals surface area contributed by atoms with Gasteiger partial charge >= 0.3 is 0 Å². The molecule has 0 spiro atoms. The van der Waals surface area contributed by atoms with Gasteiger partial charge in [0.1, 0.15) is 5.82 Å². The molecule has 1 unspecified atom stereocenters. The predicted molar refractivity (Wildman–Crippen MR) is 71.4 cm³/mol. The highest BCUT2D eigenvalue weighted by Gasteiger charge is 2.17. The van der Waals surface area contributed by atoms with E-state index in [4.69, 9.17) is 5.73 Å². The summed E-state index contributed by atoms with van der Waals surface area (Å²) in [6.07, 6.45) is 4.17. The largest absolute Gasteiger partial charge is 0.384 e. The second-order valence-electron chi connectivity index (χ2n) is 3.72. The number of nitrogens with two attached hydrogens (primary N) is 1. The van der Waals surface area contributed by atoms with Gasteiger partial charge in [-0.2, -0.15) is 11.8 Å². The molecule has 0 saturated carbocycles. The van der Waals surface area contributed by atoms with E-state index in [2.05, 4.69) is 9.71 Å². The molecular weight excluding hydrogens is 258 g/mol. The zero-order valence-electron chi connectivity index (χ0n) is 9.88. The Morgan fingerprint density at radius 1 is 1.59 bits per heavy atom. The lowest BCUT2D eigenvalue weighted by Gasteiger charge is -2.13. The van der Waals surface area contributed by atoms with Crippen LogP contribution in [0.25, 0.3) is 0 Å². The number of nitrogens with one attached hydrogen (secondary N) is 1. The van der Waals surface area contributed by atoms with Crippen molar-refractivity contribution in [3.8, 4) is 0 Å². The maximum Gasteiger partial charge on any atom is 0.240 e. The molecule has 0 aliphatic heterocycles. The number of thioether (sulfide) groups is 1. The average Bonchev–Trinajstić information content (AvgIpc) is 2.26. The van der Waals surface area contributed by atoms with Crippen molar-refractivity contribution in [2.75, 3.05) is 17.7 Å². The number of hydrogen-bond acceptors (Lipinski definition) is 5. The molecule has 1 aromatic heterocycles. The molecule has 17 heavy (non-hydrogen) atoms. The maximum absolute atomic E-state index is 12.0. The fraction of sp³-hybridized carbons (Fsp3) is 0.500. The van der Waals surface area contributed by atoms with Crippen molar-refractivity contribution in [3.63, 3.8) is 0 Å². The van der Waals surface area contributed by atoms with Crippen molar-refractivity contribution >= 4 is 27.6 Å². The molecule has 0 bridgehead atoms. The first-order chi connectivity index (χ1) is 7.95. The average molecular weight is 275 g/mol. The van der Waals surface area contributed by atoms with Gasteiger partial charge in [0.05, 0.1) is 4.90 Å². The van der Waals surface area contributed by atoms with Crippen LogP contribution in [0.2, 0.25) is 0 Å². The molecular formula is C10H17N3O2S2. The Morgan fingerprint density at radius 3 is 2.88 bits per heavy atom. The van der Waals surface area contributed by atoms with Gasteiger partial charge in [0.15, 0.2) is 0 Å². The molecule has 0 fully saturated rings. The zero-order chi connectivity index (χ0) is 12.9. The molecule has 0 radical (unpaired) electrons. The first kappa shape index (κ1) is 14.3. The van der Waals surface area contributed by atoms with E-state index in [1.165, 1.54) is 18.3 Å². The minimum absolute atomic E-state index is 0.0955. The number of sulfonamides is 1. The molecule has 5 nitrogen and oxygen atoms in total. The van der Waals surface area contributed by atoms with E-state index in [0.717, 1.165) is 12.2 Å². The van der Waals surface area contributed by atoms with Crippen LogP contribution in [0.3, 0.4) is 0 Å². The lowest BCUT2D eigenvalue weighted by Crippen LogP contribution is -2.33. The van der Waals surface area contributed by atoms with Crippen molar-refractivity contribution in [2.24, 2.45) is 0 Å². The number of hydrogen-bond donors (Lipinski definition) is 2. The van der Waals surface area contributed by atoms with Crippen LogP contribution in [-0.4, -0.2) is 31.5 Å². The molecule has 0 aliphatic carbocycles. The van der Waals surface area contributed by atoms with Gasteiger partial charge in [0, 0.05) is 18.3 Å². The summed E-state index contributed by atoms with van der Waals surface area (Å²) < 4.78 is 26.5. The second kappa shape index (κ2) is 6.23. The van der Waals surface area contributed by atoms with E-state index >= 15 is 0 Å². The number of aromatic nitrogens is 1. The van der Waals surface area contributed by atoms with E-state index in [0.29, 0.717) is 0 Å². The monoisotopic (exact) mass is 275 g/mol. The molecule has 1 rings (SSSR count). The smallest absolute Gasteiger partial charge is 0.240 e. The summed E-state index contributed by atoms with van der Waals surface area (Å²) in [5, 5.41) is 0. The van der Waals surface area contributed by atoms with Gasteiger partial charge in [-0.3, -0.25) is 0 Å². The zero-order valence-corrected chi connectivity index (χ0v) is 11.5. The highest BCUT2D eigenvalue weighted by molar-refractivity contribution is 7.98. The van der Waals surface area contributed by atoms with Crippen molar-refractivity contribution in [1.82, 2.24) is 9.71 Å². The van der Waals surface area contributed by atoms with Gasteiger partial charge in [-0.15, -0.1) is 0 Å². The normalized spacial score (nSPS) is 13.5. The molecule has 96 valence electrons. The number of nitrogens with zero attached hydrogens (tertiary/aromatic N) is 1. The summed E-state index contributed by atoms with van der Waals surface area (Å²) in [7, 11) is -3.49. The molecule has 1 atom stereocenters. The summed E-state index contributed by atoms with van der Waals surface area (Å²) in [5.74, 6) is 1.12. The van der Waals surface area contributed by atoms with Gasteiger partial charge in [0.2, 0.25) is 10.0 Å². The van der Waals surface area contributed by atoms with Gasteiger partial charge < -0.3 is 5.73 Å². The SMILES string of the molecule is CSCCC(C)NS(=O)(=O)c1ccnc(N)c1. The minimum Gasteiger partial charge on any atom is -0.384 e. The van der Waals surface area contributed by atoms with E-state index in [-0.39, 0.29) is 16.8 Å². The van der Waals surface area contributed by atoms with Crippen LogP contribution in [0.4, 0.5) is 5.82 Å². The lowest BCUT2D eigenvalue weighted by atomic mass is 10.3. The molecule has 0 aliphatic rings. The Hall–Kier alpha value is -0.790. The number of anilines is 1. The first-order valence-electron chi connectivity index (χ1n) is 5.18. The molecule has 3 N–H and O–H groups in total. The molecule has 7 heteroatoms. The molecule has 0 aromatic carbocycles. The first-order valence-corrected chi connectivity index (χ1v) is 8.06. The molecule has 1 aromatic rings. The third-order valence-electron chi connectivity index (χ3n) is 2.17. The van der Waals surface area contributed by atoms with E-state index < -0.39 is 10.0 Å². The Labute approximate surface area is 106 Å². The van der Waals surface area contributed by atoms with Crippen LogP contribution in [0, 0.1) is 0 Å².